The molecular formula is C16H13ClF2N2O. The number of halogens is 3. The summed E-state index contributed by atoms with van der Waals surface area (Å²) in [6, 6.07) is 14.1. The Bertz CT molecular complexity index is 672. The fourth-order valence-electron chi connectivity index (χ4n) is 2.44. The van der Waals surface area contributed by atoms with Gasteiger partial charge in [0, 0.05) is 17.5 Å². The molecule has 6 heteroatoms. The zero-order valence-electron chi connectivity index (χ0n) is 11.5. The topological polar surface area (TPSA) is 33.6 Å². The molecule has 3 rings (SSSR count). The second-order valence-electron chi connectivity index (χ2n) is 4.87. The highest BCUT2D eigenvalue weighted by atomic mass is 35.5. The van der Waals surface area contributed by atoms with Crippen LogP contribution >= 0.6 is 11.6 Å². The third-order valence-electron chi connectivity index (χ3n) is 3.47. The van der Waals surface area contributed by atoms with Gasteiger partial charge in [0.1, 0.15) is 5.75 Å². The summed E-state index contributed by atoms with van der Waals surface area (Å²) in [6.45, 7) is -2.13. The maximum atomic E-state index is 12.2. The first-order valence-electron chi connectivity index (χ1n) is 6.74. The summed E-state index contributed by atoms with van der Waals surface area (Å²) < 4.78 is 28.7. The van der Waals surface area contributed by atoms with E-state index in [0.29, 0.717) is 11.6 Å². The molecule has 22 heavy (non-hydrogen) atoms. The zero-order valence-corrected chi connectivity index (χ0v) is 12.2. The number of hydrogen-bond acceptors (Lipinski definition) is 3. The molecule has 1 heterocycles. The molecule has 1 unspecified atom stereocenters. The Hall–Kier alpha value is -2.14. The van der Waals surface area contributed by atoms with Crippen LogP contribution in [0.4, 0.5) is 8.78 Å². The van der Waals surface area contributed by atoms with Crippen LogP contribution in [0.5, 0.6) is 5.75 Å². The first kappa shape index (κ1) is 14.8. The predicted molar refractivity (Wildman–Crippen MR) is 81.8 cm³/mol. The third-order valence-corrected chi connectivity index (χ3v) is 3.72. The molecule has 0 spiro atoms. The van der Waals surface area contributed by atoms with Crippen molar-refractivity contribution in [1.29, 1.82) is 0 Å². The number of nitrogens with one attached hydrogen (secondary N) is 1. The molecule has 3 nitrogen and oxygen atoms in total. The maximum Gasteiger partial charge on any atom is 0.387 e. The molecule has 2 aromatic rings. The Kier molecular flexibility index (Phi) is 4.24. The van der Waals surface area contributed by atoms with Crippen LogP contribution in [0.3, 0.4) is 0 Å². The van der Waals surface area contributed by atoms with Gasteiger partial charge in [0.15, 0.2) is 0 Å². The van der Waals surface area contributed by atoms with Gasteiger partial charge in [-0.05, 0) is 47.5 Å². The Morgan fingerprint density at radius 2 is 1.77 bits per heavy atom. The summed E-state index contributed by atoms with van der Waals surface area (Å²) in [5, 5.41) is 5.00. The van der Waals surface area contributed by atoms with Crippen LogP contribution < -0.4 is 10.2 Å². The van der Waals surface area contributed by atoms with Gasteiger partial charge in [-0.15, -0.1) is 0 Å². The van der Waals surface area contributed by atoms with Gasteiger partial charge in [0.25, 0.3) is 0 Å². The van der Waals surface area contributed by atoms with Crippen molar-refractivity contribution in [1.82, 2.24) is 5.43 Å². The summed E-state index contributed by atoms with van der Waals surface area (Å²) in [5.41, 5.74) is 5.82. The molecule has 0 saturated heterocycles. The summed E-state index contributed by atoms with van der Waals surface area (Å²) in [4.78, 5) is 0. The number of hydrazone groups is 1. The van der Waals surface area contributed by atoms with E-state index in [-0.39, 0.29) is 11.7 Å². The van der Waals surface area contributed by atoms with E-state index in [9.17, 15) is 8.78 Å². The lowest BCUT2D eigenvalue weighted by Crippen LogP contribution is -2.14. The maximum absolute atomic E-state index is 12.2. The minimum absolute atomic E-state index is 0.0964. The molecule has 2 aromatic carbocycles. The highest BCUT2D eigenvalue weighted by molar-refractivity contribution is 6.30. The van der Waals surface area contributed by atoms with Crippen molar-refractivity contribution < 1.29 is 13.5 Å². The zero-order chi connectivity index (χ0) is 15.5. The van der Waals surface area contributed by atoms with Gasteiger partial charge < -0.3 is 10.2 Å². The van der Waals surface area contributed by atoms with E-state index in [0.717, 1.165) is 16.8 Å². The average Bonchev–Trinajstić information content (AvgIpc) is 2.97. The lowest BCUT2D eigenvalue weighted by molar-refractivity contribution is -0.0498. The van der Waals surface area contributed by atoms with E-state index in [1.54, 1.807) is 12.1 Å². The predicted octanol–water partition coefficient (Wildman–Crippen LogP) is 4.03. The Morgan fingerprint density at radius 3 is 2.41 bits per heavy atom. The molecule has 1 aliphatic heterocycles. The SMILES string of the molecule is FC(F)Oc1ccc(C2=NNCC2c2ccc(Cl)cc2)cc1. The van der Waals surface area contributed by atoms with Crippen molar-refractivity contribution in [2.45, 2.75) is 12.5 Å². The summed E-state index contributed by atoms with van der Waals surface area (Å²) in [7, 11) is 0. The van der Waals surface area contributed by atoms with Crippen LogP contribution in [0.25, 0.3) is 0 Å². The smallest absolute Gasteiger partial charge is 0.387 e. The van der Waals surface area contributed by atoms with Crippen molar-refractivity contribution in [3.63, 3.8) is 0 Å². The highest BCUT2D eigenvalue weighted by Crippen LogP contribution is 2.27. The number of hydrogen-bond donors (Lipinski definition) is 1. The van der Waals surface area contributed by atoms with E-state index in [4.69, 9.17) is 11.6 Å². The molecule has 1 N–H and O–H groups in total. The van der Waals surface area contributed by atoms with Crippen molar-refractivity contribution in [2.75, 3.05) is 6.54 Å². The molecule has 0 radical (unpaired) electrons. The third kappa shape index (κ3) is 3.20. The Morgan fingerprint density at radius 1 is 1.09 bits per heavy atom. The average molecular weight is 323 g/mol. The van der Waals surface area contributed by atoms with Crippen LogP contribution in [-0.4, -0.2) is 18.9 Å². The van der Waals surface area contributed by atoms with E-state index in [2.05, 4.69) is 15.3 Å². The molecule has 1 atom stereocenters. The van der Waals surface area contributed by atoms with Gasteiger partial charge in [-0.25, -0.2) is 0 Å². The number of benzene rings is 2. The van der Waals surface area contributed by atoms with Gasteiger partial charge in [0.05, 0.1) is 5.71 Å². The minimum Gasteiger partial charge on any atom is -0.435 e. The van der Waals surface area contributed by atoms with Gasteiger partial charge in [-0.1, -0.05) is 23.7 Å². The van der Waals surface area contributed by atoms with Crippen LogP contribution in [0.2, 0.25) is 5.02 Å². The number of alkyl halides is 2. The van der Waals surface area contributed by atoms with E-state index < -0.39 is 6.61 Å². The number of rotatable bonds is 4. The summed E-state index contributed by atoms with van der Waals surface area (Å²) >= 11 is 5.91. The number of nitrogens with zero attached hydrogens (tertiary/aromatic N) is 1. The van der Waals surface area contributed by atoms with Gasteiger partial charge in [0.2, 0.25) is 0 Å². The van der Waals surface area contributed by atoms with E-state index in [1.807, 2.05) is 24.3 Å². The number of ether oxygens (including phenoxy) is 1. The fraction of sp³-hybridized carbons (Fsp3) is 0.188. The van der Waals surface area contributed by atoms with Crippen molar-refractivity contribution >= 4 is 17.3 Å². The van der Waals surface area contributed by atoms with E-state index >= 15 is 0 Å². The largest absolute Gasteiger partial charge is 0.435 e. The monoisotopic (exact) mass is 322 g/mol. The molecule has 0 aromatic heterocycles. The van der Waals surface area contributed by atoms with Crippen molar-refractivity contribution in [3.8, 4) is 5.75 Å². The highest BCUT2D eigenvalue weighted by Gasteiger charge is 2.24. The molecule has 1 aliphatic rings. The molecule has 0 bridgehead atoms. The van der Waals surface area contributed by atoms with Gasteiger partial charge >= 0.3 is 6.61 Å². The quantitative estimate of drug-likeness (QED) is 0.922. The first-order valence-corrected chi connectivity index (χ1v) is 7.12. The summed E-state index contributed by atoms with van der Waals surface area (Å²) in [6.07, 6.45) is 0. The van der Waals surface area contributed by atoms with E-state index in [1.165, 1.54) is 12.1 Å². The lowest BCUT2D eigenvalue weighted by atomic mass is 9.91. The Balaban J connectivity index is 1.82. The molecule has 0 aliphatic carbocycles. The summed E-state index contributed by atoms with van der Waals surface area (Å²) in [5.74, 6) is 0.229. The van der Waals surface area contributed by atoms with Crippen molar-refractivity contribution in [3.05, 3.63) is 64.7 Å². The normalized spacial score (nSPS) is 17.3. The first-order chi connectivity index (χ1) is 10.6. The van der Waals surface area contributed by atoms with Crippen LogP contribution in [-0.2, 0) is 0 Å². The Labute approximate surface area is 131 Å². The molecule has 0 saturated carbocycles. The van der Waals surface area contributed by atoms with Crippen LogP contribution in [0.15, 0.2) is 53.6 Å². The van der Waals surface area contributed by atoms with Crippen molar-refractivity contribution in [2.24, 2.45) is 5.10 Å². The lowest BCUT2D eigenvalue weighted by Gasteiger charge is -2.13. The molecular weight excluding hydrogens is 310 g/mol. The van der Waals surface area contributed by atoms with Gasteiger partial charge in [-0.3, -0.25) is 0 Å². The molecule has 0 fully saturated rings. The minimum atomic E-state index is -2.82. The molecule has 114 valence electrons. The standard InChI is InChI=1S/C16H13ClF2N2O/c17-12-5-1-10(2-6-12)14-9-20-21-15(14)11-3-7-13(8-4-11)22-16(18)19/h1-8,14,16,20H,9H2. The van der Waals surface area contributed by atoms with Crippen LogP contribution in [0, 0.1) is 0 Å². The van der Waals surface area contributed by atoms with Crippen LogP contribution in [0.1, 0.15) is 17.0 Å². The second kappa shape index (κ2) is 6.32. The molecule has 0 amide bonds. The second-order valence-corrected chi connectivity index (χ2v) is 5.30. The van der Waals surface area contributed by atoms with Gasteiger partial charge in [-0.2, -0.15) is 13.9 Å². The fourth-order valence-corrected chi connectivity index (χ4v) is 2.57.